The van der Waals surface area contributed by atoms with E-state index in [0.717, 1.165) is 0 Å². The summed E-state index contributed by atoms with van der Waals surface area (Å²) in [6.45, 7) is 1.83. The lowest BCUT2D eigenvalue weighted by Crippen LogP contribution is -1.97. The van der Waals surface area contributed by atoms with Crippen molar-refractivity contribution in [1.82, 2.24) is 9.97 Å². The highest BCUT2D eigenvalue weighted by Crippen LogP contribution is 2.32. The molecule has 3 aromatic rings. The van der Waals surface area contributed by atoms with Crippen molar-refractivity contribution in [3.8, 4) is 11.8 Å². The summed E-state index contributed by atoms with van der Waals surface area (Å²) in [5.74, 6) is 5.27. The number of benzene rings is 1. The largest absolute Gasteiger partial charge is 0.442 e. The van der Waals surface area contributed by atoms with Crippen LogP contribution in [0.5, 0.6) is 0 Å². The molecule has 0 N–H and O–H groups in total. The second-order valence-electron chi connectivity index (χ2n) is 4.49. The minimum Gasteiger partial charge on any atom is -0.442 e. The van der Waals surface area contributed by atoms with Crippen molar-refractivity contribution in [2.24, 2.45) is 0 Å². The minimum atomic E-state index is -0.355. The van der Waals surface area contributed by atoms with Crippen molar-refractivity contribution in [1.29, 1.82) is 0 Å². The lowest BCUT2D eigenvalue weighted by molar-refractivity contribution is 0.593. The fraction of sp³-hybridized carbons (Fsp3) is 0.125. The van der Waals surface area contributed by atoms with Gasteiger partial charge in [0.1, 0.15) is 17.0 Å². The second-order valence-corrected chi connectivity index (χ2v) is 5.34. The molecule has 0 bridgehead atoms. The summed E-state index contributed by atoms with van der Waals surface area (Å²) < 4.78 is 20.1. The van der Waals surface area contributed by atoms with E-state index < -0.39 is 0 Å². The average Bonchev–Trinajstić information content (AvgIpc) is 2.96. The van der Waals surface area contributed by atoms with E-state index in [4.69, 9.17) is 4.42 Å². The van der Waals surface area contributed by atoms with Crippen LogP contribution < -0.4 is 0 Å². The van der Waals surface area contributed by atoms with Gasteiger partial charge in [0.2, 0.25) is 0 Å². The van der Waals surface area contributed by atoms with Crippen molar-refractivity contribution in [3.05, 3.63) is 58.4 Å². The Morgan fingerprint density at radius 3 is 2.95 bits per heavy atom. The normalized spacial score (nSPS) is 12.0. The molecule has 0 saturated carbocycles. The van der Waals surface area contributed by atoms with E-state index in [1.165, 1.54) is 12.5 Å². The predicted molar refractivity (Wildman–Crippen MR) is 81.2 cm³/mol. The summed E-state index contributed by atoms with van der Waals surface area (Å²) in [7, 11) is 0. The monoisotopic (exact) mass is 344 g/mol. The molecule has 21 heavy (non-hydrogen) atoms. The molecule has 1 unspecified atom stereocenters. The zero-order valence-electron chi connectivity index (χ0n) is 11.1. The summed E-state index contributed by atoms with van der Waals surface area (Å²) in [6, 6.07) is 6.87. The van der Waals surface area contributed by atoms with Crippen LogP contribution in [0, 0.1) is 17.7 Å². The maximum Gasteiger partial charge on any atom is 0.182 e. The number of aromatic nitrogens is 2. The number of pyridine rings is 1. The van der Waals surface area contributed by atoms with Crippen LogP contribution in [0.15, 0.2) is 45.7 Å². The molecular weight excluding hydrogens is 335 g/mol. The average molecular weight is 345 g/mol. The number of hydrogen-bond acceptors (Lipinski definition) is 3. The Bertz CT molecular complexity index is 849. The van der Waals surface area contributed by atoms with Crippen molar-refractivity contribution in [2.45, 2.75) is 12.8 Å². The molecule has 0 radical (unpaired) electrons. The number of hydrogen-bond donors (Lipinski definition) is 0. The van der Waals surface area contributed by atoms with E-state index in [9.17, 15) is 4.39 Å². The summed E-state index contributed by atoms with van der Waals surface area (Å²) in [4.78, 5) is 8.22. The zero-order chi connectivity index (χ0) is 14.8. The molecule has 0 spiro atoms. The molecule has 1 aromatic carbocycles. The van der Waals surface area contributed by atoms with Gasteiger partial charge in [-0.3, -0.25) is 0 Å². The number of fused-ring (bicyclic) bond motifs is 1. The molecule has 0 aliphatic heterocycles. The summed E-state index contributed by atoms with van der Waals surface area (Å²) >= 11 is 3.27. The third-order valence-corrected chi connectivity index (χ3v) is 3.65. The highest BCUT2D eigenvalue weighted by Gasteiger charge is 2.18. The Morgan fingerprint density at radius 1 is 1.33 bits per heavy atom. The summed E-state index contributed by atoms with van der Waals surface area (Å²) in [5, 5.41) is 0. The molecule has 3 nitrogen and oxygen atoms in total. The third kappa shape index (κ3) is 2.67. The van der Waals surface area contributed by atoms with E-state index in [0.29, 0.717) is 26.8 Å². The molecule has 2 aromatic heterocycles. The molecule has 1 atom stereocenters. The molecule has 0 aliphatic carbocycles. The van der Waals surface area contributed by atoms with Crippen molar-refractivity contribution < 1.29 is 8.81 Å². The van der Waals surface area contributed by atoms with Gasteiger partial charge in [0.25, 0.3) is 0 Å². The number of rotatable bonds is 1. The molecule has 0 aliphatic rings. The number of nitrogens with zero attached hydrogens (tertiary/aromatic N) is 2. The second kappa shape index (κ2) is 5.66. The van der Waals surface area contributed by atoms with Crippen molar-refractivity contribution >= 4 is 27.0 Å². The fourth-order valence-electron chi connectivity index (χ4n) is 2.08. The number of halogens is 2. The van der Waals surface area contributed by atoms with Crippen LogP contribution in [-0.4, -0.2) is 9.97 Å². The maximum atomic E-state index is 14.2. The molecule has 2 heterocycles. The lowest BCUT2D eigenvalue weighted by Gasteiger charge is -2.07. The van der Waals surface area contributed by atoms with Crippen LogP contribution in [0.3, 0.4) is 0 Å². The Labute approximate surface area is 129 Å². The quantitative estimate of drug-likeness (QED) is 0.618. The third-order valence-electron chi connectivity index (χ3n) is 3.06. The zero-order valence-corrected chi connectivity index (χ0v) is 12.7. The Morgan fingerprint density at radius 2 is 2.19 bits per heavy atom. The molecule has 104 valence electrons. The first-order valence-corrected chi connectivity index (χ1v) is 7.10. The van der Waals surface area contributed by atoms with E-state index >= 15 is 0 Å². The van der Waals surface area contributed by atoms with Gasteiger partial charge in [-0.25, -0.2) is 14.4 Å². The van der Waals surface area contributed by atoms with Crippen LogP contribution in [0.25, 0.3) is 11.1 Å². The van der Waals surface area contributed by atoms with E-state index in [1.807, 2.05) is 25.1 Å². The smallest absolute Gasteiger partial charge is 0.182 e. The first-order chi connectivity index (χ1) is 10.2. The van der Waals surface area contributed by atoms with Crippen molar-refractivity contribution in [2.75, 3.05) is 0 Å². The molecule has 0 saturated heterocycles. The van der Waals surface area contributed by atoms with E-state index in [-0.39, 0.29) is 11.7 Å². The first kappa shape index (κ1) is 13.8. The Kier molecular flexibility index (Phi) is 3.72. The SMILES string of the molecule is CC(C#Cc1ccccn1)c1c(F)cc(Br)c2ocnc12. The molecular formula is C16H10BrFN2O. The highest BCUT2D eigenvalue weighted by atomic mass is 79.9. The molecule has 0 amide bonds. The topological polar surface area (TPSA) is 38.9 Å². The Balaban J connectivity index is 2.05. The van der Waals surface area contributed by atoms with Crippen LogP contribution >= 0.6 is 15.9 Å². The van der Waals surface area contributed by atoms with Gasteiger partial charge in [0.15, 0.2) is 12.0 Å². The van der Waals surface area contributed by atoms with Gasteiger partial charge in [-0.15, -0.1) is 0 Å². The van der Waals surface area contributed by atoms with Gasteiger partial charge in [0, 0.05) is 17.7 Å². The van der Waals surface area contributed by atoms with Crippen LogP contribution in [0.2, 0.25) is 0 Å². The van der Waals surface area contributed by atoms with Gasteiger partial charge in [-0.05, 0) is 47.0 Å². The van der Waals surface area contributed by atoms with E-state index in [2.05, 4.69) is 37.7 Å². The van der Waals surface area contributed by atoms with Crippen LogP contribution in [0.4, 0.5) is 4.39 Å². The minimum absolute atomic E-state index is 0.326. The highest BCUT2D eigenvalue weighted by molar-refractivity contribution is 9.10. The van der Waals surface area contributed by atoms with Gasteiger partial charge in [-0.2, -0.15) is 0 Å². The predicted octanol–water partition coefficient (Wildman–Crippen LogP) is 4.28. The van der Waals surface area contributed by atoms with Crippen LogP contribution in [-0.2, 0) is 0 Å². The molecule has 5 heteroatoms. The van der Waals surface area contributed by atoms with Crippen LogP contribution in [0.1, 0.15) is 24.1 Å². The Hall–Kier alpha value is -2.19. The van der Waals surface area contributed by atoms with Gasteiger partial charge >= 0.3 is 0 Å². The fourth-order valence-corrected chi connectivity index (χ4v) is 2.56. The summed E-state index contributed by atoms with van der Waals surface area (Å²) in [5.41, 5.74) is 2.10. The summed E-state index contributed by atoms with van der Waals surface area (Å²) in [6.07, 6.45) is 2.97. The maximum absolute atomic E-state index is 14.2. The van der Waals surface area contributed by atoms with E-state index in [1.54, 1.807) is 6.20 Å². The van der Waals surface area contributed by atoms with Gasteiger partial charge in [0.05, 0.1) is 4.47 Å². The number of oxazole rings is 1. The first-order valence-electron chi connectivity index (χ1n) is 6.30. The van der Waals surface area contributed by atoms with Crippen molar-refractivity contribution in [3.63, 3.8) is 0 Å². The molecule has 3 rings (SSSR count). The standard InChI is InChI=1S/C16H10BrFN2O/c1-10(5-6-11-4-2-3-7-19-11)14-13(18)8-12(17)16-15(14)20-9-21-16/h2-4,7-10H,1H3. The molecule has 0 fully saturated rings. The lowest BCUT2D eigenvalue weighted by atomic mass is 9.99. The van der Waals surface area contributed by atoms with Gasteiger partial charge < -0.3 is 4.42 Å². The van der Waals surface area contributed by atoms with Gasteiger partial charge in [-0.1, -0.05) is 12.0 Å².